The first-order chi connectivity index (χ1) is 16.6. The molecule has 0 spiro atoms. The third-order valence-electron chi connectivity index (χ3n) is 5.56. The second-order valence-corrected chi connectivity index (χ2v) is 9.60. The summed E-state index contributed by atoms with van der Waals surface area (Å²) in [6.07, 6.45) is 2.35. The smallest absolute Gasteiger partial charge is 0.274 e. The van der Waals surface area contributed by atoms with E-state index in [-0.39, 0.29) is 23.4 Å². The lowest BCUT2D eigenvalue weighted by molar-refractivity contribution is -0.119. The second kappa shape index (κ2) is 9.32. The van der Waals surface area contributed by atoms with E-state index in [1.807, 2.05) is 45.9 Å². The fourth-order valence-electron chi connectivity index (χ4n) is 3.87. The lowest BCUT2D eigenvalue weighted by Gasteiger charge is -2.22. The summed E-state index contributed by atoms with van der Waals surface area (Å²) >= 11 is 0. The number of aryl methyl sites for hydroxylation is 1. The van der Waals surface area contributed by atoms with Gasteiger partial charge in [0.1, 0.15) is 6.33 Å². The number of carbonyl (C=O) groups is 2. The van der Waals surface area contributed by atoms with Gasteiger partial charge in [-0.3, -0.25) is 19.2 Å². The number of aromatic nitrogens is 5. The summed E-state index contributed by atoms with van der Waals surface area (Å²) in [5, 5.41) is 19.0. The zero-order chi connectivity index (χ0) is 25.3. The number of para-hydroxylation sites is 1. The van der Waals surface area contributed by atoms with Crippen LogP contribution in [0, 0.1) is 5.92 Å². The Morgan fingerprint density at radius 2 is 1.97 bits per heavy atom. The van der Waals surface area contributed by atoms with Crippen LogP contribution in [0.3, 0.4) is 0 Å². The Balaban J connectivity index is 1.78. The van der Waals surface area contributed by atoms with Crippen LogP contribution in [0.1, 0.15) is 44.6 Å². The minimum atomic E-state index is -0.475. The summed E-state index contributed by atoms with van der Waals surface area (Å²) in [6, 6.07) is 7.19. The number of ether oxygens (including phenoxy) is 1. The van der Waals surface area contributed by atoms with E-state index in [1.165, 1.54) is 0 Å². The molecule has 184 valence electrons. The van der Waals surface area contributed by atoms with Gasteiger partial charge in [0.05, 0.1) is 24.0 Å². The molecular formula is C24H30N8O3. The third-order valence-corrected chi connectivity index (χ3v) is 5.56. The zero-order valence-corrected chi connectivity index (χ0v) is 20.8. The summed E-state index contributed by atoms with van der Waals surface area (Å²) < 4.78 is 7.31. The molecule has 1 aromatic carbocycles. The molecule has 0 radical (unpaired) electrons. The van der Waals surface area contributed by atoms with Crippen molar-refractivity contribution in [1.29, 1.82) is 0 Å². The van der Waals surface area contributed by atoms with Gasteiger partial charge < -0.3 is 15.4 Å². The number of anilines is 3. The maximum absolute atomic E-state index is 13.1. The predicted molar refractivity (Wildman–Crippen MR) is 132 cm³/mol. The molecule has 0 saturated carbocycles. The van der Waals surface area contributed by atoms with Crippen molar-refractivity contribution >= 4 is 29.0 Å². The molecule has 11 nitrogen and oxygen atoms in total. The summed E-state index contributed by atoms with van der Waals surface area (Å²) in [4.78, 5) is 31.6. The molecule has 3 aromatic rings. The van der Waals surface area contributed by atoms with Gasteiger partial charge in [-0.05, 0) is 39.3 Å². The summed E-state index contributed by atoms with van der Waals surface area (Å²) in [5.41, 5.74) is 1.30. The van der Waals surface area contributed by atoms with Crippen LogP contribution in [-0.4, -0.2) is 56.0 Å². The molecule has 2 amide bonds. The molecule has 1 aliphatic heterocycles. The Bertz CT molecular complexity index is 1260. The van der Waals surface area contributed by atoms with E-state index in [0.29, 0.717) is 40.9 Å². The number of hydrogen-bond donors (Lipinski definition) is 2. The normalized spacial score (nSPS) is 15.9. The molecule has 0 bridgehead atoms. The van der Waals surface area contributed by atoms with Gasteiger partial charge in [0.15, 0.2) is 23.1 Å². The molecule has 1 fully saturated rings. The fraction of sp³-hybridized carbons (Fsp3) is 0.417. The Kier molecular flexibility index (Phi) is 6.42. The van der Waals surface area contributed by atoms with Gasteiger partial charge >= 0.3 is 0 Å². The fourth-order valence-corrected chi connectivity index (χ4v) is 3.87. The molecule has 2 aromatic heterocycles. The monoisotopic (exact) mass is 478 g/mol. The van der Waals surface area contributed by atoms with E-state index >= 15 is 0 Å². The molecule has 1 unspecified atom stereocenters. The number of methoxy groups -OCH3 is 1. The maximum atomic E-state index is 13.1. The maximum Gasteiger partial charge on any atom is 0.274 e. The largest absolute Gasteiger partial charge is 0.494 e. The number of rotatable bonds is 6. The van der Waals surface area contributed by atoms with Crippen LogP contribution in [0.2, 0.25) is 0 Å². The minimum absolute atomic E-state index is 0.0158. The van der Waals surface area contributed by atoms with Crippen molar-refractivity contribution in [2.75, 3.05) is 23.9 Å². The summed E-state index contributed by atoms with van der Waals surface area (Å²) in [6.45, 7) is 8.09. The van der Waals surface area contributed by atoms with E-state index in [1.54, 1.807) is 36.1 Å². The van der Waals surface area contributed by atoms with Crippen LogP contribution < -0.4 is 20.3 Å². The van der Waals surface area contributed by atoms with Crippen molar-refractivity contribution in [2.24, 2.45) is 13.0 Å². The van der Waals surface area contributed by atoms with Crippen molar-refractivity contribution < 1.29 is 14.3 Å². The van der Waals surface area contributed by atoms with Crippen LogP contribution in [0.15, 0.2) is 30.6 Å². The molecule has 4 rings (SSSR count). The van der Waals surface area contributed by atoms with Crippen molar-refractivity contribution in [2.45, 2.75) is 39.7 Å². The van der Waals surface area contributed by atoms with Gasteiger partial charge in [0.2, 0.25) is 5.91 Å². The Hall–Kier alpha value is -4.02. The van der Waals surface area contributed by atoms with E-state index in [2.05, 4.69) is 30.9 Å². The zero-order valence-electron chi connectivity index (χ0n) is 20.8. The van der Waals surface area contributed by atoms with Crippen molar-refractivity contribution in [1.82, 2.24) is 30.3 Å². The SMILES string of the molecule is COc1c(Nc2cc(N3CCC(C)C3=O)nnc2C(=O)NC(C)(C)C)cccc1-c1ncn(C)n1. The molecule has 1 saturated heterocycles. The summed E-state index contributed by atoms with van der Waals surface area (Å²) in [7, 11) is 3.34. The third kappa shape index (κ3) is 5.08. The number of benzene rings is 1. The van der Waals surface area contributed by atoms with Gasteiger partial charge in [0.25, 0.3) is 5.91 Å². The van der Waals surface area contributed by atoms with E-state index < -0.39 is 5.54 Å². The number of amides is 2. The van der Waals surface area contributed by atoms with Crippen LogP contribution in [0.25, 0.3) is 11.4 Å². The molecular weight excluding hydrogens is 448 g/mol. The Labute approximate surface area is 203 Å². The van der Waals surface area contributed by atoms with Gasteiger partial charge in [-0.2, -0.15) is 5.10 Å². The van der Waals surface area contributed by atoms with Gasteiger partial charge in [-0.1, -0.05) is 13.0 Å². The highest BCUT2D eigenvalue weighted by Crippen LogP contribution is 2.37. The number of nitrogens with one attached hydrogen (secondary N) is 2. The molecule has 1 atom stereocenters. The van der Waals surface area contributed by atoms with Crippen LogP contribution in [0.5, 0.6) is 5.75 Å². The van der Waals surface area contributed by atoms with Crippen LogP contribution in [0.4, 0.5) is 17.2 Å². The van der Waals surface area contributed by atoms with Gasteiger partial charge in [0, 0.05) is 31.1 Å². The van der Waals surface area contributed by atoms with Crippen molar-refractivity contribution in [3.8, 4) is 17.1 Å². The quantitative estimate of drug-likeness (QED) is 0.554. The molecule has 2 N–H and O–H groups in total. The molecule has 11 heteroatoms. The van der Waals surface area contributed by atoms with E-state index in [9.17, 15) is 9.59 Å². The molecule has 35 heavy (non-hydrogen) atoms. The average Bonchev–Trinajstić information content (AvgIpc) is 3.37. The van der Waals surface area contributed by atoms with Crippen molar-refractivity contribution in [3.63, 3.8) is 0 Å². The predicted octanol–water partition coefficient (Wildman–Crippen LogP) is 2.93. The van der Waals surface area contributed by atoms with Gasteiger partial charge in [-0.15, -0.1) is 10.2 Å². The topological polar surface area (TPSA) is 127 Å². The molecule has 3 heterocycles. The van der Waals surface area contributed by atoms with E-state index in [0.717, 1.165) is 6.42 Å². The van der Waals surface area contributed by atoms with Crippen LogP contribution in [-0.2, 0) is 11.8 Å². The second-order valence-electron chi connectivity index (χ2n) is 9.60. The van der Waals surface area contributed by atoms with Gasteiger partial charge in [-0.25, -0.2) is 4.98 Å². The highest BCUT2D eigenvalue weighted by atomic mass is 16.5. The average molecular weight is 479 g/mol. The molecule has 0 aliphatic carbocycles. The molecule has 1 aliphatic rings. The van der Waals surface area contributed by atoms with E-state index in [4.69, 9.17) is 4.74 Å². The van der Waals surface area contributed by atoms with Crippen LogP contribution >= 0.6 is 0 Å². The highest BCUT2D eigenvalue weighted by molar-refractivity contribution is 6.01. The number of nitrogens with zero attached hydrogens (tertiary/aromatic N) is 6. The number of carbonyl (C=O) groups excluding carboxylic acids is 2. The van der Waals surface area contributed by atoms with Crippen molar-refractivity contribution in [3.05, 3.63) is 36.3 Å². The first-order valence-corrected chi connectivity index (χ1v) is 11.4. The lowest BCUT2D eigenvalue weighted by atomic mass is 10.1. The first-order valence-electron chi connectivity index (χ1n) is 11.4. The standard InChI is InChI=1S/C24H30N8O3/c1-14-10-11-32(23(14)34)18-12-17(19(29-28-18)22(33)27-24(2,3)4)26-16-9-7-8-15(20(16)35-6)21-25-13-31(5)30-21/h7-9,12-14H,10-11H2,1-6H3,(H,26,28)(H,27,33). The minimum Gasteiger partial charge on any atom is -0.494 e. The summed E-state index contributed by atoms with van der Waals surface area (Å²) in [5.74, 6) is 0.907. The number of hydrogen-bond acceptors (Lipinski definition) is 8. The first kappa shape index (κ1) is 24.1. The lowest BCUT2D eigenvalue weighted by Crippen LogP contribution is -2.41. The Morgan fingerprint density at radius 1 is 1.20 bits per heavy atom. The Morgan fingerprint density at radius 3 is 2.57 bits per heavy atom. The highest BCUT2D eigenvalue weighted by Gasteiger charge is 2.31.